The molecule has 0 spiro atoms. The highest BCUT2D eigenvalue weighted by Gasteiger charge is 2.25. The predicted molar refractivity (Wildman–Crippen MR) is 98.3 cm³/mol. The van der Waals surface area contributed by atoms with Crippen LogP contribution in [0.25, 0.3) is 0 Å². The van der Waals surface area contributed by atoms with E-state index < -0.39 is 11.0 Å². The third kappa shape index (κ3) is 5.58. The van der Waals surface area contributed by atoms with E-state index in [4.69, 9.17) is 0 Å². The Morgan fingerprint density at radius 1 is 1.33 bits per heavy atom. The van der Waals surface area contributed by atoms with Crippen LogP contribution in [-0.2, 0) is 4.79 Å². The third-order valence-corrected chi connectivity index (χ3v) is 5.07. The van der Waals surface area contributed by atoms with Crippen molar-refractivity contribution in [2.75, 3.05) is 13.2 Å². The molecule has 1 amide bonds. The minimum absolute atomic E-state index is 0.101. The molecule has 0 heterocycles. The van der Waals surface area contributed by atoms with Crippen molar-refractivity contribution in [3.8, 4) is 0 Å². The van der Waals surface area contributed by atoms with Crippen LogP contribution in [0.1, 0.15) is 67.0 Å². The standard InChI is InChI=1S/C19H26N2O6/c22-11-10-20(16-4-2-1-3-5-16)19(25)9-8-18(24)14-6-7-17(21(26)27)15(12-14)13-23/h6-7,12-13,16,18,22,24H,1-5,8-11H2. The third-order valence-electron chi connectivity index (χ3n) is 5.07. The van der Waals surface area contributed by atoms with Crippen LogP contribution in [0.3, 0.4) is 0 Å². The molecule has 1 aromatic carbocycles. The molecule has 2 rings (SSSR count). The lowest BCUT2D eigenvalue weighted by atomic mass is 9.93. The number of aliphatic hydroxyl groups excluding tert-OH is 2. The minimum atomic E-state index is -1.00. The van der Waals surface area contributed by atoms with Crippen molar-refractivity contribution in [2.45, 2.75) is 57.1 Å². The van der Waals surface area contributed by atoms with E-state index in [0.717, 1.165) is 32.1 Å². The first-order chi connectivity index (χ1) is 13.0. The summed E-state index contributed by atoms with van der Waals surface area (Å²) in [5.41, 5.74) is -0.0580. The Balaban J connectivity index is 2.00. The van der Waals surface area contributed by atoms with Crippen LogP contribution in [0.15, 0.2) is 18.2 Å². The summed E-state index contributed by atoms with van der Waals surface area (Å²) < 4.78 is 0. The Morgan fingerprint density at radius 3 is 2.63 bits per heavy atom. The number of nitro groups is 1. The van der Waals surface area contributed by atoms with Gasteiger partial charge in [-0.25, -0.2) is 0 Å². The van der Waals surface area contributed by atoms with E-state index in [2.05, 4.69) is 0 Å². The fraction of sp³-hybridized carbons (Fsp3) is 0.579. The average molecular weight is 378 g/mol. The van der Waals surface area contributed by atoms with E-state index in [0.29, 0.717) is 11.8 Å². The van der Waals surface area contributed by atoms with Gasteiger partial charge in [0.1, 0.15) is 0 Å². The molecule has 1 unspecified atom stereocenters. The number of aldehydes is 1. The summed E-state index contributed by atoms with van der Waals surface area (Å²) in [7, 11) is 0. The highest BCUT2D eigenvalue weighted by Crippen LogP contribution is 2.27. The average Bonchev–Trinajstić information content (AvgIpc) is 2.69. The van der Waals surface area contributed by atoms with Crippen molar-refractivity contribution in [2.24, 2.45) is 0 Å². The van der Waals surface area contributed by atoms with Crippen LogP contribution >= 0.6 is 0 Å². The van der Waals surface area contributed by atoms with Crippen LogP contribution in [0.2, 0.25) is 0 Å². The quantitative estimate of drug-likeness (QED) is 0.387. The van der Waals surface area contributed by atoms with Gasteiger partial charge in [0.15, 0.2) is 6.29 Å². The van der Waals surface area contributed by atoms with E-state index in [9.17, 15) is 29.9 Å². The highest BCUT2D eigenvalue weighted by atomic mass is 16.6. The summed E-state index contributed by atoms with van der Waals surface area (Å²) in [6, 6.07) is 4.00. The van der Waals surface area contributed by atoms with E-state index in [-0.39, 0.29) is 49.2 Å². The monoisotopic (exact) mass is 378 g/mol. The Hall–Kier alpha value is -2.32. The number of amides is 1. The van der Waals surface area contributed by atoms with Gasteiger partial charge in [-0.3, -0.25) is 19.7 Å². The van der Waals surface area contributed by atoms with Gasteiger partial charge in [0.05, 0.1) is 23.2 Å². The van der Waals surface area contributed by atoms with Crippen molar-refractivity contribution >= 4 is 17.9 Å². The molecule has 0 aliphatic heterocycles. The SMILES string of the molecule is O=Cc1cc(C(O)CCC(=O)N(CCO)C2CCCCC2)ccc1[N+](=O)[O-]. The molecule has 0 saturated heterocycles. The zero-order chi connectivity index (χ0) is 19.8. The van der Waals surface area contributed by atoms with Crippen molar-refractivity contribution in [3.63, 3.8) is 0 Å². The highest BCUT2D eigenvalue weighted by molar-refractivity contribution is 5.81. The molecule has 1 aliphatic carbocycles. The Labute approximate surface area is 157 Å². The molecule has 0 radical (unpaired) electrons. The molecular formula is C19H26N2O6. The summed E-state index contributed by atoms with van der Waals surface area (Å²) >= 11 is 0. The number of rotatable bonds is 9. The zero-order valence-corrected chi connectivity index (χ0v) is 15.2. The van der Waals surface area contributed by atoms with Crippen LogP contribution in [-0.4, -0.2) is 51.4 Å². The maximum absolute atomic E-state index is 12.6. The smallest absolute Gasteiger partial charge is 0.279 e. The van der Waals surface area contributed by atoms with Gasteiger partial charge in [-0.2, -0.15) is 0 Å². The summed E-state index contributed by atoms with van der Waals surface area (Å²) in [5, 5.41) is 30.5. The van der Waals surface area contributed by atoms with Crippen molar-refractivity contribution in [3.05, 3.63) is 39.4 Å². The van der Waals surface area contributed by atoms with Crippen molar-refractivity contribution < 1.29 is 24.7 Å². The molecule has 148 valence electrons. The van der Waals surface area contributed by atoms with Gasteiger partial charge in [0.25, 0.3) is 5.69 Å². The Morgan fingerprint density at radius 2 is 2.04 bits per heavy atom. The molecule has 1 fully saturated rings. The molecule has 27 heavy (non-hydrogen) atoms. The molecule has 0 aromatic heterocycles. The minimum Gasteiger partial charge on any atom is -0.395 e. The number of hydrogen-bond donors (Lipinski definition) is 2. The molecule has 8 nitrogen and oxygen atoms in total. The van der Waals surface area contributed by atoms with Gasteiger partial charge in [-0.15, -0.1) is 0 Å². The van der Waals surface area contributed by atoms with E-state index >= 15 is 0 Å². The zero-order valence-electron chi connectivity index (χ0n) is 15.2. The fourth-order valence-electron chi connectivity index (χ4n) is 3.62. The van der Waals surface area contributed by atoms with Gasteiger partial charge >= 0.3 is 0 Å². The largest absolute Gasteiger partial charge is 0.395 e. The number of nitrogens with zero attached hydrogens (tertiary/aromatic N) is 2. The maximum atomic E-state index is 12.6. The van der Waals surface area contributed by atoms with Gasteiger partial charge in [0, 0.05) is 25.1 Å². The molecule has 8 heteroatoms. The van der Waals surface area contributed by atoms with Gasteiger partial charge in [-0.05, 0) is 37.0 Å². The predicted octanol–water partition coefficient (Wildman–Crippen LogP) is 2.37. The number of benzene rings is 1. The second-order valence-electron chi connectivity index (χ2n) is 6.85. The summed E-state index contributed by atoms with van der Waals surface area (Å²) in [6.45, 7) is 0.183. The normalized spacial score (nSPS) is 15.9. The van der Waals surface area contributed by atoms with Gasteiger partial charge < -0.3 is 15.1 Å². The summed E-state index contributed by atoms with van der Waals surface area (Å²) in [6.07, 6.45) is 4.78. The summed E-state index contributed by atoms with van der Waals surface area (Å²) in [4.78, 5) is 35.6. The topological polar surface area (TPSA) is 121 Å². The lowest BCUT2D eigenvalue weighted by Crippen LogP contribution is -2.43. The van der Waals surface area contributed by atoms with Crippen LogP contribution in [0.4, 0.5) is 5.69 Å². The fourth-order valence-corrected chi connectivity index (χ4v) is 3.62. The number of nitro benzene ring substituents is 1. The van der Waals surface area contributed by atoms with Crippen LogP contribution < -0.4 is 0 Å². The molecule has 2 N–H and O–H groups in total. The first kappa shape index (κ1) is 21.0. The molecule has 1 aromatic rings. The number of aliphatic hydroxyl groups is 2. The van der Waals surface area contributed by atoms with E-state index in [1.165, 1.54) is 18.2 Å². The molecule has 1 saturated carbocycles. The first-order valence-electron chi connectivity index (χ1n) is 9.29. The second kappa shape index (κ2) is 10.1. The number of carbonyl (C=O) groups excluding carboxylic acids is 2. The maximum Gasteiger partial charge on any atom is 0.279 e. The molecule has 1 atom stereocenters. The summed E-state index contributed by atoms with van der Waals surface area (Å²) in [5.74, 6) is -0.118. The molecular weight excluding hydrogens is 352 g/mol. The van der Waals surface area contributed by atoms with Crippen LogP contribution in [0, 0.1) is 10.1 Å². The van der Waals surface area contributed by atoms with E-state index in [1.807, 2.05) is 0 Å². The van der Waals surface area contributed by atoms with E-state index in [1.54, 1.807) is 4.90 Å². The number of carbonyl (C=O) groups is 2. The molecule has 1 aliphatic rings. The Kier molecular flexibility index (Phi) is 7.87. The van der Waals surface area contributed by atoms with Crippen molar-refractivity contribution in [1.82, 2.24) is 4.90 Å². The first-order valence-corrected chi connectivity index (χ1v) is 9.29. The Bertz CT molecular complexity index is 672. The van der Waals surface area contributed by atoms with Crippen LogP contribution in [0.5, 0.6) is 0 Å². The lowest BCUT2D eigenvalue weighted by molar-refractivity contribution is -0.385. The molecule has 0 bridgehead atoms. The number of hydrogen-bond acceptors (Lipinski definition) is 6. The van der Waals surface area contributed by atoms with Crippen molar-refractivity contribution in [1.29, 1.82) is 0 Å². The second-order valence-corrected chi connectivity index (χ2v) is 6.85. The van der Waals surface area contributed by atoms with Gasteiger partial charge in [0.2, 0.25) is 5.91 Å². The van der Waals surface area contributed by atoms with Gasteiger partial charge in [-0.1, -0.05) is 19.3 Å². The lowest BCUT2D eigenvalue weighted by Gasteiger charge is -2.34.